The second-order valence-electron chi connectivity index (χ2n) is 9.97. The Morgan fingerprint density at radius 1 is 1.15 bits per heavy atom. The van der Waals surface area contributed by atoms with Gasteiger partial charge in [-0.05, 0) is 41.2 Å². The molecule has 2 amide bonds. The van der Waals surface area contributed by atoms with Crippen LogP contribution >= 0.6 is 0 Å². The minimum Gasteiger partial charge on any atom is -0.476 e. The van der Waals surface area contributed by atoms with Crippen LogP contribution in [0.3, 0.4) is 0 Å². The topological polar surface area (TPSA) is 105 Å². The molecule has 2 aromatic rings. The number of para-hydroxylation sites is 1. The van der Waals surface area contributed by atoms with E-state index in [2.05, 4.69) is 10.6 Å². The van der Waals surface area contributed by atoms with Crippen LogP contribution in [0, 0.1) is 5.92 Å². The first-order chi connectivity index (χ1) is 15.8. The Morgan fingerprint density at radius 3 is 2.44 bits per heavy atom. The van der Waals surface area contributed by atoms with Crippen LogP contribution in [0.15, 0.2) is 42.5 Å². The van der Waals surface area contributed by atoms with E-state index in [-0.39, 0.29) is 23.8 Å². The third-order valence-electron chi connectivity index (χ3n) is 5.49. The van der Waals surface area contributed by atoms with E-state index in [1.54, 1.807) is 36.4 Å². The Bertz CT molecular complexity index is 1190. The molecule has 184 valence electrons. The molecule has 0 radical (unpaired) electrons. The molecule has 0 bridgehead atoms. The van der Waals surface area contributed by atoms with Crippen molar-refractivity contribution in [2.24, 2.45) is 5.92 Å². The molecule has 9 heteroatoms. The minimum atomic E-state index is -3.67. The van der Waals surface area contributed by atoms with E-state index in [0.717, 1.165) is 11.8 Å². The van der Waals surface area contributed by atoms with E-state index in [0.29, 0.717) is 29.2 Å². The standard InChI is InChI=1S/C25H33N3O5S/c1-16(2)14-26-23(29)18-9-7-8-10-19(18)27-24(30)22-15-28(34(6,31)32)20-13-17(25(3,4)5)11-12-21(20)33-22/h7-13,16,22H,14-15H2,1-6H3,(H,26,29)(H,27,30). The maximum absolute atomic E-state index is 13.1. The molecule has 3 rings (SSSR count). The number of hydrogen-bond donors (Lipinski definition) is 2. The molecule has 1 atom stereocenters. The first-order valence-electron chi connectivity index (χ1n) is 11.2. The number of nitrogens with zero attached hydrogens (tertiary/aromatic N) is 1. The van der Waals surface area contributed by atoms with Crippen molar-refractivity contribution >= 4 is 33.2 Å². The van der Waals surface area contributed by atoms with Gasteiger partial charge < -0.3 is 15.4 Å². The Labute approximate surface area is 201 Å². The molecule has 0 spiro atoms. The summed E-state index contributed by atoms with van der Waals surface area (Å²) in [5.74, 6) is -0.245. The zero-order valence-electron chi connectivity index (χ0n) is 20.5. The fourth-order valence-electron chi connectivity index (χ4n) is 3.56. The summed E-state index contributed by atoms with van der Waals surface area (Å²) >= 11 is 0. The van der Waals surface area contributed by atoms with E-state index in [1.165, 1.54) is 4.31 Å². The maximum Gasteiger partial charge on any atom is 0.267 e. The number of nitrogens with one attached hydrogen (secondary N) is 2. The molecule has 2 aromatic carbocycles. The highest BCUT2D eigenvalue weighted by atomic mass is 32.2. The van der Waals surface area contributed by atoms with Crippen molar-refractivity contribution in [2.75, 3.05) is 29.0 Å². The van der Waals surface area contributed by atoms with E-state index in [1.807, 2.05) is 40.7 Å². The summed E-state index contributed by atoms with van der Waals surface area (Å²) in [4.78, 5) is 25.7. The molecule has 1 aliphatic rings. The van der Waals surface area contributed by atoms with Crippen molar-refractivity contribution in [3.63, 3.8) is 0 Å². The van der Waals surface area contributed by atoms with Gasteiger partial charge in [0.1, 0.15) is 5.75 Å². The van der Waals surface area contributed by atoms with Crippen molar-refractivity contribution < 1.29 is 22.7 Å². The Kier molecular flexibility index (Phi) is 7.26. The Balaban J connectivity index is 1.87. The summed E-state index contributed by atoms with van der Waals surface area (Å²) in [6, 6.07) is 12.0. The predicted octanol–water partition coefficient (Wildman–Crippen LogP) is 3.54. The number of carbonyl (C=O) groups is 2. The lowest BCUT2D eigenvalue weighted by atomic mass is 9.86. The maximum atomic E-state index is 13.1. The number of fused-ring (bicyclic) bond motifs is 1. The quantitative estimate of drug-likeness (QED) is 0.649. The molecule has 0 aromatic heterocycles. The molecule has 0 fully saturated rings. The van der Waals surface area contributed by atoms with Crippen molar-refractivity contribution in [3.05, 3.63) is 53.6 Å². The molecule has 0 aliphatic carbocycles. The molecule has 8 nitrogen and oxygen atoms in total. The van der Waals surface area contributed by atoms with Gasteiger partial charge in [0.2, 0.25) is 10.0 Å². The van der Waals surface area contributed by atoms with E-state index in [4.69, 9.17) is 4.74 Å². The predicted molar refractivity (Wildman–Crippen MR) is 134 cm³/mol. The van der Waals surface area contributed by atoms with Gasteiger partial charge in [-0.3, -0.25) is 13.9 Å². The Hall–Kier alpha value is -3.07. The van der Waals surface area contributed by atoms with Crippen LogP contribution in [0.2, 0.25) is 0 Å². The molecule has 1 unspecified atom stereocenters. The van der Waals surface area contributed by atoms with Crippen molar-refractivity contribution in [2.45, 2.75) is 46.1 Å². The average molecular weight is 488 g/mol. The highest BCUT2D eigenvalue weighted by molar-refractivity contribution is 7.92. The fourth-order valence-corrected chi connectivity index (χ4v) is 4.47. The lowest BCUT2D eigenvalue weighted by Gasteiger charge is -2.35. The van der Waals surface area contributed by atoms with Crippen LogP contribution in [0.5, 0.6) is 5.75 Å². The summed E-state index contributed by atoms with van der Waals surface area (Å²) in [5.41, 5.74) is 1.83. The van der Waals surface area contributed by atoms with Crippen LogP contribution in [0.25, 0.3) is 0 Å². The first kappa shape index (κ1) is 25.6. The average Bonchev–Trinajstić information content (AvgIpc) is 2.75. The molecular formula is C25H33N3O5S. The number of amides is 2. The van der Waals surface area contributed by atoms with Gasteiger partial charge in [0, 0.05) is 6.54 Å². The number of rotatable bonds is 6. The van der Waals surface area contributed by atoms with E-state index in [9.17, 15) is 18.0 Å². The molecule has 34 heavy (non-hydrogen) atoms. The summed E-state index contributed by atoms with van der Waals surface area (Å²) in [6.45, 7) is 10.4. The van der Waals surface area contributed by atoms with Crippen molar-refractivity contribution in [3.8, 4) is 5.75 Å². The lowest BCUT2D eigenvalue weighted by Crippen LogP contribution is -2.48. The smallest absolute Gasteiger partial charge is 0.267 e. The highest BCUT2D eigenvalue weighted by Crippen LogP contribution is 2.38. The Morgan fingerprint density at radius 2 is 1.82 bits per heavy atom. The zero-order chi connectivity index (χ0) is 25.3. The summed E-state index contributed by atoms with van der Waals surface area (Å²) in [7, 11) is -3.67. The highest BCUT2D eigenvalue weighted by Gasteiger charge is 2.36. The number of sulfonamides is 1. The monoisotopic (exact) mass is 487 g/mol. The van der Waals surface area contributed by atoms with Gasteiger partial charge in [0.05, 0.1) is 29.7 Å². The normalized spacial score (nSPS) is 16.0. The number of anilines is 2. The van der Waals surface area contributed by atoms with Crippen LogP contribution in [0.4, 0.5) is 11.4 Å². The van der Waals surface area contributed by atoms with Gasteiger partial charge in [-0.25, -0.2) is 8.42 Å². The third kappa shape index (κ3) is 5.88. The molecule has 0 saturated carbocycles. The number of carbonyl (C=O) groups excluding carboxylic acids is 2. The van der Waals surface area contributed by atoms with Gasteiger partial charge in [0.25, 0.3) is 11.8 Å². The molecule has 1 aliphatic heterocycles. The zero-order valence-corrected chi connectivity index (χ0v) is 21.3. The van der Waals surface area contributed by atoms with Crippen LogP contribution in [0.1, 0.15) is 50.5 Å². The number of hydrogen-bond acceptors (Lipinski definition) is 5. The van der Waals surface area contributed by atoms with Crippen molar-refractivity contribution in [1.29, 1.82) is 0 Å². The second-order valence-corrected chi connectivity index (χ2v) is 11.9. The largest absolute Gasteiger partial charge is 0.476 e. The second kappa shape index (κ2) is 9.66. The van der Waals surface area contributed by atoms with Gasteiger partial charge in [-0.1, -0.05) is 52.8 Å². The third-order valence-corrected chi connectivity index (χ3v) is 6.63. The first-order valence-corrected chi connectivity index (χ1v) is 13.1. The van der Waals surface area contributed by atoms with Crippen LogP contribution in [-0.4, -0.2) is 45.7 Å². The van der Waals surface area contributed by atoms with Gasteiger partial charge in [0.15, 0.2) is 6.10 Å². The molecule has 0 saturated heterocycles. The number of ether oxygens (including phenoxy) is 1. The molecular weight excluding hydrogens is 454 g/mol. The van der Waals surface area contributed by atoms with Crippen LogP contribution in [-0.2, 0) is 20.2 Å². The number of benzene rings is 2. The summed E-state index contributed by atoms with van der Waals surface area (Å²) < 4.78 is 32.3. The molecule has 1 heterocycles. The van der Waals surface area contributed by atoms with Gasteiger partial charge >= 0.3 is 0 Å². The van der Waals surface area contributed by atoms with Gasteiger partial charge in [-0.15, -0.1) is 0 Å². The fraction of sp³-hybridized carbons (Fsp3) is 0.440. The summed E-state index contributed by atoms with van der Waals surface area (Å²) in [6.07, 6.45) is 0.0179. The van der Waals surface area contributed by atoms with Crippen LogP contribution < -0.4 is 19.7 Å². The van der Waals surface area contributed by atoms with Gasteiger partial charge in [-0.2, -0.15) is 0 Å². The minimum absolute atomic E-state index is 0.174. The van der Waals surface area contributed by atoms with E-state index < -0.39 is 22.0 Å². The SMILES string of the molecule is CC(C)CNC(=O)c1ccccc1NC(=O)C1CN(S(C)(=O)=O)c2cc(C(C)(C)C)ccc2O1. The molecule has 2 N–H and O–H groups in total. The summed E-state index contributed by atoms with van der Waals surface area (Å²) in [5, 5.41) is 5.58. The lowest BCUT2D eigenvalue weighted by molar-refractivity contribution is -0.122. The van der Waals surface area contributed by atoms with E-state index >= 15 is 0 Å². The van der Waals surface area contributed by atoms with Crippen molar-refractivity contribution in [1.82, 2.24) is 5.32 Å².